The van der Waals surface area contributed by atoms with Crippen molar-refractivity contribution in [2.45, 2.75) is 19.5 Å². The molecule has 7 nitrogen and oxygen atoms in total. The van der Waals surface area contributed by atoms with Crippen LogP contribution in [0.25, 0.3) is 11.2 Å². The third-order valence-electron chi connectivity index (χ3n) is 3.96. The van der Waals surface area contributed by atoms with E-state index in [0.717, 1.165) is 40.8 Å². The first-order valence-corrected chi connectivity index (χ1v) is 8.45. The molecule has 0 aromatic carbocycles. The predicted octanol–water partition coefficient (Wildman–Crippen LogP) is 1.69. The smallest absolute Gasteiger partial charge is 0.253 e. The molecule has 122 valence electrons. The average Bonchev–Trinajstić information content (AvgIpc) is 3.01. The summed E-state index contributed by atoms with van der Waals surface area (Å²) < 4.78 is 0.879. The Hall–Kier alpha value is -2.32. The highest BCUT2D eigenvalue weighted by molar-refractivity contribution is 9.10. The number of imidazole rings is 1. The predicted molar refractivity (Wildman–Crippen MR) is 92.4 cm³/mol. The zero-order valence-corrected chi connectivity index (χ0v) is 14.4. The van der Waals surface area contributed by atoms with Gasteiger partial charge in [0.2, 0.25) is 0 Å². The van der Waals surface area contributed by atoms with Gasteiger partial charge >= 0.3 is 0 Å². The number of H-pyrrole nitrogens is 1. The summed E-state index contributed by atoms with van der Waals surface area (Å²) in [5, 5.41) is 6.14. The van der Waals surface area contributed by atoms with Gasteiger partial charge < -0.3 is 15.6 Å². The molecule has 0 saturated heterocycles. The standard InChI is InChI=1S/C16H15BrN6O/c17-11-4-12-15(20-6-11)23-14(22-12)8-21-16(24)10-3-9-1-2-18-7-13(9)19-5-10/h3-6,18H,1-2,7-8H2,(H,21,24)(H,20,22,23). The minimum atomic E-state index is -0.154. The number of carbonyl (C=O) groups is 1. The summed E-state index contributed by atoms with van der Waals surface area (Å²) in [6.45, 7) is 1.99. The number of nitrogens with one attached hydrogen (secondary N) is 3. The van der Waals surface area contributed by atoms with E-state index < -0.39 is 0 Å². The number of pyridine rings is 2. The van der Waals surface area contributed by atoms with Crippen molar-refractivity contribution >= 4 is 33.0 Å². The molecule has 0 bridgehead atoms. The molecule has 0 fully saturated rings. The van der Waals surface area contributed by atoms with Crippen LogP contribution in [0.5, 0.6) is 0 Å². The monoisotopic (exact) mass is 386 g/mol. The first kappa shape index (κ1) is 15.2. The Kier molecular flexibility index (Phi) is 3.99. The molecular weight excluding hydrogens is 372 g/mol. The molecule has 1 aliphatic rings. The molecule has 1 amide bonds. The van der Waals surface area contributed by atoms with Gasteiger partial charge in [0, 0.05) is 23.4 Å². The van der Waals surface area contributed by atoms with Crippen molar-refractivity contribution in [1.82, 2.24) is 30.6 Å². The van der Waals surface area contributed by atoms with E-state index in [2.05, 4.69) is 46.5 Å². The van der Waals surface area contributed by atoms with Gasteiger partial charge in [-0.3, -0.25) is 9.78 Å². The van der Waals surface area contributed by atoms with Crippen molar-refractivity contribution < 1.29 is 4.79 Å². The summed E-state index contributed by atoms with van der Waals surface area (Å²) in [4.78, 5) is 28.5. The third-order valence-corrected chi connectivity index (χ3v) is 4.39. The Morgan fingerprint density at radius 1 is 1.29 bits per heavy atom. The van der Waals surface area contributed by atoms with Crippen molar-refractivity contribution in [1.29, 1.82) is 0 Å². The molecular formula is C16H15BrN6O. The van der Waals surface area contributed by atoms with Crippen LogP contribution in [0.4, 0.5) is 0 Å². The first-order chi connectivity index (χ1) is 11.7. The molecule has 3 N–H and O–H groups in total. The molecule has 8 heteroatoms. The third kappa shape index (κ3) is 3.02. The average molecular weight is 387 g/mol. The molecule has 0 unspecified atom stereocenters. The number of rotatable bonds is 3. The van der Waals surface area contributed by atoms with E-state index in [1.807, 2.05) is 12.1 Å². The van der Waals surface area contributed by atoms with E-state index in [-0.39, 0.29) is 5.91 Å². The van der Waals surface area contributed by atoms with E-state index in [9.17, 15) is 4.79 Å². The normalized spacial score (nSPS) is 13.7. The summed E-state index contributed by atoms with van der Waals surface area (Å²) in [6.07, 6.45) is 4.21. The number of aromatic amines is 1. The Bertz CT molecular complexity index is 922. The van der Waals surface area contributed by atoms with Crippen LogP contribution < -0.4 is 10.6 Å². The number of carbonyl (C=O) groups excluding carboxylic acids is 1. The fraction of sp³-hybridized carbons (Fsp3) is 0.250. The summed E-state index contributed by atoms with van der Waals surface area (Å²) in [5.41, 5.74) is 4.19. The number of hydrogen-bond donors (Lipinski definition) is 3. The van der Waals surface area contributed by atoms with Crippen molar-refractivity contribution in [3.63, 3.8) is 0 Å². The van der Waals surface area contributed by atoms with Crippen molar-refractivity contribution in [3.05, 3.63) is 51.6 Å². The SMILES string of the molecule is O=C(NCc1nc2ncc(Br)cc2[nH]1)c1cnc2c(c1)CCNC2. The summed E-state index contributed by atoms with van der Waals surface area (Å²) >= 11 is 3.37. The minimum Gasteiger partial charge on any atom is -0.345 e. The van der Waals surface area contributed by atoms with Gasteiger partial charge in [-0.15, -0.1) is 0 Å². The highest BCUT2D eigenvalue weighted by Crippen LogP contribution is 2.15. The van der Waals surface area contributed by atoms with E-state index in [1.54, 1.807) is 12.4 Å². The molecule has 0 aliphatic carbocycles. The summed E-state index contributed by atoms with van der Waals surface area (Å²) in [5.74, 6) is 0.512. The fourth-order valence-electron chi connectivity index (χ4n) is 2.74. The van der Waals surface area contributed by atoms with Gasteiger partial charge in [-0.2, -0.15) is 0 Å². The zero-order chi connectivity index (χ0) is 16.5. The van der Waals surface area contributed by atoms with Crippen LogP contribution in [-0.2, 0) is 19.5 Å². The van der Waals surface area contributed by atoms with Crippen LogP contribution in [-0.4, -0.2) is 32.4 Å². The van der Waals surface area contributed by atoms with Gasteiger partial charge in [0.25, 0.3) is 5.91 Å². The Morgan fingerprint density at radius 3 is 3.12 bits per heavy atom. The molecule has 0 radical (unpaired) electrons. The van der Waals surface area contributed by atoms with Gasteiger partial charge in [-0.05, 0) is 46.6 Å². The van der Waals surface area contributed by atoms with Crippen LogP contribution in [0, 0.1) is 0 Å². The number of hydrogen-bond acceptors (Lipinski definition) is 5. The van der Waals surface area contributed by atoms with Gasteiger partial charge in [-0.25, -0.2) is 9.97 Å². The Balaban J connectivity index is 1.47. The Morgan fingerprint density at radius 2 is 2.21 bits per heavy atom. The lowest BCUT2D eigenvalue weighted by molar-refractivity contribution is 0.0949. The van der Waals surface area contributed by atoms with Crippen LogP contribution in [0.2, 0.25) is 0 Å². The van der Waals surface area contributed by atoms with Crippen LogP contribution in [0.3, 0.4) is 0 Å². The van der Waals surface area contributed by atoms with Crippen molar-refractivity contribution in [2.24, 2.45) is 0 Å². The second-order valence-electron chi connectivity index (χ2n) is 5.65. The highest BCUT2D eigenvalue weighted by atomic mass is 79.9. The summed E-state index contributed by atoms with van der Waals surface area (Å²) in [7, 11) is 0. The van der Waals surface area contributed by atoms with Gasteiger partial charge in [0.15, 0.2) is 5.65 Å². The lowest BCUT2D eigenvalue weighted by Gasteiger charge is -2.16. The number of fused-ring (bicyclic) bond motifs is 2. The molecule has 24 heavy (non-hydrogen) atoms. The molecule has 0 spiro atoms. The number of aromatic nitrogens is 4. The first-order valence-electron chi connectivity index (χ1n) is 7.66. The lowest BCUT2D eigenvalue weighted by Crippen LogP contribution is -2.27. The fourth-order valence-corrected chi connectivity index (χ4v) is 3.07. The van der Waals surface area contributed by atoms with Crippen LogP contribution >= 0.6 is 15.9 Å². The van der Waals surface area contributed by atoms with E-state index in [4.69, 9.17) is 0 Å². The maximum absolute atomic E-state index is 12.3. The maximum Gasteiger partial charge on any atom is 0.253 e. The van der Waals surface area contributed by atoms with Gasteiger partial charge in [-0.1, -0.05) is 0 Å². The van der Waals surface area contributed by atoms with E-state index in [0.29, 0.717) is 23.6 Å². The van der Waals surface area contributed by atoms with Crippen molar-refractivity contribution in [3.8, 4) is 0 Å². The van der Waals surface area contributed by atoms with Crippen LogP contribution in [0.15, 0.2) is 29.0 Å². The molecule has 3 aromatic rings. The minimum absolute atomic E-state index is 0.154. The van der Waals surface area contributed by atoms with Crippen molar-refractivity contribution in [2.75, 3.05) is 6.54 Å². The molecule has 4 rings (SSSR count). The Labute approximate surface area is 146 Å². The molecule has 0 atom stereocenters. The van der Waals surface area contributed by atoms with Crippen LogP contribution in [0.1, 0.15) is 27.4 Å². The number of halogens is 1. The highest BCUT2D eigenvalue weighted by Gasteiger charge is 2.14. The zero-order valence-electron chi connectivity index (χ0n) is 12.8. The molecule has 1 aliphatic heterocycles. The summed E-state index contributed by atoms with van der Waals surface area (Å²) in [6, 6.07) is 3.83. The molecule has 4 heterocycles. The molecule has 3 aromatic heterocycles. The van der Waals surface area contributed by atoms with E-state index >= 15 is 0 Å². The lowest BCUT2D eigenvalue weighted by atomic mass is 10.0. The van der Waals surface area contributed by atoms with Gasteiger partial charge in [0.05, 0.1) is 23.3 Å². The van der Waals surface area contributed by atoms with E-state index in [1.165, 1.54) is 0 Å². The largest absolute Gasteiger partial charge is 0.345 e. The maximum atomic E-state index is 12.3. The number of nitrogens with zero attached hydrogens (tertiary/aromatic N) is 3. The second kappa shape index (κ2) is 6.29. The van der Waals surface area contributed by atoms with Gasteiger partial charge in [0.1, 0.15) is 5.82 Å². The molecule has 0 saturated carbocycles. The quantitative estimate of drug-likeness (QED) is 0.636. The number of amides is 1. The second-order valence-corrected chi connectivity index (χ2v) is 6.56. The topological polar surface area (TPSA) is 95.6 Å².